The maximum atomic E-state index is 8.94. The summed E-state index contributed by atoms with van der Waals surface area (Å²) >= 11 is 5.86. The molecule has 0 amide bonds. The number of nitrogens with one attached hydrogen (secondary N) is 1. The molecule has 3 N–H and O–H groups in total. The smallest absolute Gasteiger partial charge is 0.153 e. The van der Waals surface area contributed by atoms with Gasteiger partial charge in [-0.15, -0.1) is 10.2 Å². The Kier molecular flexibility index (Phi) is 3.08. The largest absolute Gasteiger partial charge is 0.382 e. The number of benzene rings is 1. The zero-order valence-electron chi connectivity index (χ0n) is 8.68. The molecule has 5 nitrogen and oxygen atoms in total. The number of halogens is 1. The van der Waals surface area contributed by atoms with E-state index in [1.165, 1.54) is 0 Å². The number of aromatic nitrogens is 2. The molecule has 1 heterocycles. The fourth-order valence-corrected chi connectivity index (χ4v) is 1.44. The summed E-state index contributed by atoms with van der Waals surface area (Å²) in [6.07, 6.45) is 0. The van der Waals surface area contributed by atoms with Crippen LogP contribution in [0.25, 0.3) is 0 Å². The highest BCUT2D eigenvalue weighted by Gasteiger charge is 2.04. The maximum absolute atomic E-state index is 8.94. The van der Waals surface area contributed by atoms with Gasteiger partial charge in [0.25, 0.3) is 0 Å². The Morgan fingerprint density at radius 3 is 2.71 bits per heavy atom. The molecule has 6 heteroatoms. The van der Waals surface area contributed by atoms with Gasteiger partial charge in [-0.2, -0.15) is 5.26 Å². The Labute approximate surface area is 103 Å². The summed E-state index contributed by atoms with van der Waals surface area (Å²) in [5, 5.41) is 20.0. The Balaban J connectivity index is 2.32. The van der Waals surface area contributed by atoms with Gasteiger partial charge in [0.1, 0.15) is 11.9 Å². The number of anilines is 3. The van der Waals surface area contributed by atoms with Crippen LogP contribution in [-0.4, -0.2) is 10.2 Å². The molecule has 0 aliphatic heterocycles. The van der Waals surface area contributed by atoms with E-state index < -0.39 is 0 Å². The van der Waals surface area contributed by atoms with Crippen LogP contribution in [0.1, 0.15) is 5.56 Å². The lowest BCUT2D eigenvalue weighted by molar-refractivity contribution is 1.05. The first-order valence-electron chi connectivity index (χ1n) is 4.75. The topological polar surface area (TPSA) is 87.6 Å². The molecule has 0 aliphatic rings. The van der Waals surface area contributed by atoms with E-state index in [2.05, 4.69) is 21.6 Å². The summed E-state index contributed by atoms with van der Waals surface area (Å²) in [7, 11) is 0. The predicted octanol–water partition coefficient (Wildman–Crippen LogP) is 2.33. The first kappa shape index (κ1) is 11.2. The van der Waals surface area contributed by atoms with Gasteiger partial charge in [-0.3, -0.25) is 0 Å². The monoisotopic (exact) mass is 245 g/mol. The summed E-state index contributed by atoms with van der Waals surface area (Å²) in [5.41, 5.74) is 6.49. The van der Waals surface area contributed by atoms with Gasteiger partial charge >= 0.3 is 0 Å². The van der Waals surface area contributed by atoms with E-state index in [0.717, 1.165) is 0 Å². The molecule has 2 aromatic rings. The quantitative estimate of drug-likeness (QED) is 0.848. The zero-order valence-corrected chi connectivity index (χ0v) is 9.44. The molecule has 17 heavy (non-hydrogen) atoms. The Morgan fingerprint density at radius 2 is 2.06 bits per heavy atom. The second-order valence-electron chi connectivity index (χ2n) is 3.27. The number of nitrogens with zero attached hydrogens (tertiary/aromatic N) is 3. The van der Waals surface area contributed by atoms with E-state index in [-0.39, 0.29) is 0 Å². The minimum atomic E-state index is 0.335. The summed E-state index contributed by atoms with van der Waals surface area (Å²) in [5.74, 6) is 0.833. The van der Waals surface area contributed by atoms with Gasteiger partial charge in [0.2, 0.25) is 0 Å². The number of rotatable bonds is 2. The third-order valence-corrected chi connectivity index (χ3v) is 2.29. The van der Waals surface area contributed by atoms with E-state index in [9.17, 15) is 0 Å². The van der Waals surface area contributed by atoms with Gasteiger partial charge in [-0.25, -0.2) is 0 Å². The van der Waals surface area contributed by atoms with Gasteiger partial charge in [0, 0.05) is 5.02 Å². The number of nitrogen functional groups attached to an aromatic ring is 1. The van der Waals surface area contributed by atoms with Crippen molar-refractivity contribution in [3.8, 4) is 6.07 Å². The Bertz CT molecular complexity index is 573. The molecule has 0 atom stereocenters. The number of nitrogens with two attached hydrogens (primary N) is 1. The number of hydrogen-bond donors (Lipinski definition) is 2. The molecule has 0 aliphatic carbocycles. The highest BCUT2D eigenvalue weighted by atomic mass is 35.5. The van der Waals surface area contributed by atoms with E-state index in [4.69, 9.17) is 22.6 Å². The lowest BCUT2D eigenvalue weighted by Gasteiger charge is -2.07. The first-order chi connectivity index (χ1) is 8.19. The molecule has 0 spiro atoms. The van der Waals surface area contributed by atoms with E-state index in [1.807, 2.05) is 0 Å². The molecular weight excluding hydrogens is 238 g/mol. The van der Waals surface area contributed by atoms with Gasteiger partial charge in [0.15, 0.2) is 5.82 Å². The molecule has 0 unspecified atom stereocenters. The van der Waals surface area contributed by atoms with E-state index in [1.54, 1.807) is 30.3 Å². The fraction of sp³-hybridized carbons (Fsp3) is 0. The second-order valence-corrected chi connectivity index (χ2v) is 3.71. The van der Waals surface area contributed by atoms with Crippen LogP contribution in [0.5, 0.6) is 0 Å². The van der Waals surface area contributed by atoms with Crippen LogP contribution in [0.15, 0.2) is 30.3 Å². The van der Waals surface area contributed by atoms with Gasteiger partial charge < -0.3 is 11.1 Å². The van der Waals surface area contributed by atoms with E-state index in [0.29, 0.717) is 27.9 Å². The molecular formula is C11H8ClN5. The van der Waals surface area contributed by atoms with Crippen molar-refractivity contribution in [1.82, 2.24) is 10.2 Å². The van der Waals surface area contributed by atoms with Crippen molar-refractivity contribution in [2.45, 2.75) is 0 Å². The van der Waals surface area contributed by atoms with Crippen molar-refractivity contribution in [1.29, 1.82) is 5.26 Å². The SMILES string of the molecule is N#Cc1ccc(Cl)cc1Nc1ccc(N)nn1. The molecule has 84 valence electrons. The average Bonchev–Trinajstić information content (AvgIpc) is 2.32. The van der Waals surface area contributed by atoms with Gasteiger partial charge in [-0.05, 0) is 30.3 Å². The van der Waals surface area contributed by atoms with Crippen LogP contribution in [-0.2, 0) is 0 Å². The zero-order chi connectivity index (χ0) is 12.3. The van der Waals surface area contributed by atoms with Crippen LogP contribution >= 0.6 is 11.6 Å². The third kappa shape index (κ3) is 2.62. The molecule has 0 fully saturated rings. The highest BCUT2D eigenvalue weighted by Crippen LogP contribution is 2.23. The van der Waals surface area contributed by atoms with Gasteiger partial charge in [0.05, 0.1) is 11.3 Å². The first-order valence-corrected chi connectivity index (χ1v) is 5.13. The molecule has 0 saturated heterocycles. The fourth-order valence-electron chi connectivity index (χ4n) is 1.26. The van der Waals surface area contributed by atoms with Crippen LogP contribution < -0.4 is 11.1 Å². The molecule has 0 bridgehead atoms. The molecule has 1 aromatic heterocycles. The Hall–Kier alpha value is -2.32. The van der Waals surface area contributed by atoms with Crippen LogP contribution in [0.3, 0.4) is 0 Å². The minimum Gasteiger partial charge on any atom is -0.382 e. The molecule has 2 rings (SSSR count). The summed E-state index contributed by atoms with van der Waals surface area (Å²) < 4.78 is 0. The Morgan fingerprint density at radius 1 is 1.24 bits per heavy atom. The average molecular weight is 246 g/mol. The summed E-state index contributed by atoms with van der Waals surface area (Å²) in [6.45, 7) is 0. The van der Waals surface area contributed by atoms with Crippen molar-refractivity contribution in [2.75, 3.05) is 11.1 Å². The van der Waals surface area contributed by atoms with Crippen LogP contribution in [0.4, 0.5) is 17.3 Å². The van der Waals surface area contributed by atoms with Crippen molar-refractivity contribution in [3.63, 3.8) is 0 Å². The van der Waals surface area contributed by atoms with Crippen LogP contribution in [0, 0.1) is 11.3 Å². The van der Waals surface area contributed by atoms with Crippen LogP contribution in [0.2, 0.25) is 5.02 Å². The van der Waals surface area contributed by atoms with Crippen molar-refractivity contribution < 1.29 is 0 Å². The number of hydrogen-bond acceptors (Lipinski definition) is 5. The molecule has 0 radical (unpaired) electrons. The third-order valence-electron chi connectivity index (χ3n) is 2.05. The molecule has 0 saturated carbocycles. The van der Waals surface area contributed by atoms with E-state index >= 15 is 0 Å². The number of nitriles is 1. The van der Waals surface area contributed by atoms with Gasteiger partial charge in [-0.1, -0.05) is 11.6 Å². The summed E-state index contributed by atoms with van der Waals surface area (Å²) in [6, 6.07) is 10.3. The highest BCUT2D eigenvalue weighted by molar-refractivity contribution is 6.30. The van der Waals surface area contributed by atoms with Crippen molar-refractivity contribution >= 4 is 28.9 Å². The van der Waals surface area contributed by atoms with Crippen molar-refractivity contribution in [3.05, 3.63) is 40.9 Å². The lowest BCUT2D eigenvalue weighted by atomic mass is 10.2. The standard InChI is InChI=1S/C11H8ClN5/c12-8-2-1-7(6-13)9(5-8)15-11-4-3-10(14)16-17-11/h1-5H,(H2,14,16)(H,15,17). The minimum absolute atomic E-state index is 0.335. The normalized spacial score (nSPS) is 9.65. The predicted molar refractivity (Wildman–Crippen MR) is 65.9 cm³/mol. The second kappa shape index (κ2) is 4.68. The lowest BCUT2D eigenvalue weighted by Crippen LogP contribution is -1.99. The summed E-state index contributed by atoms with van der Waals surface area (Å²) in [4.78, 5) is 0. The maximum Gasteiger partial charge on any atom is 0.153 e. The molecule has 1 aromatic carbocycles. The van der Waals surface area contributed by atoms with Crippen molar-refractivity contribution in [2.24, 2.45) is 0 Å².